The molecule has 3 rings (SSSR count). The van der Waals surface area contributed by atoms with Crippen molar-refractivity contribution < 1.29 is 13.2 Å². The topological polar surface area (TPSA) is 66.5 Å². The van der Waals surface area contributed by atoms with Gasteiger partial charge in [0.05, 0.1) is 4.90 Å². The van der Waals surface area contributed by atoms with Crippen LogP contribution in [0.15, 0.2) is 47.4 Å². The molecule has 28 heavy (non-hydrogen) atoms. The van der Waals surface area contributed by atoms with Crippen molar-refractivity contribution in [3.8, 4) is 0 Å². The van der Waals surface area contributed by atoms with Crippen LogP contribution < -0.4 is 5.32 Å². The molecule has 1 amide bonds. The Morgan fingerprint density at radius 2 is 1.57 bits per heavy atom. The second kappa shape index (κ2) is 8.82. The Hall–Kier alpha value is -1.60. The second-order valence-corrected chi connectivity index (χ2v) is 9.82. The van der Waals surface area contributed by atoms with Crippen LogP contribution >= 0.6 is 23.2 Å². The smallest absolute Gasteiger partial charge is 0.255 e. The number of carbonyl (C=O) groups is 1. The van der Waals surface area contributed by atoms with Crippen molar-refractivity contribution in [3.05, 3.63) is 58.1 Å². The zero-order chi connectivity index (χ0) is 20.3. The molecule has 2 aromatic rings. The Kier molecular flexibility index (Phi) is 6.65. The van der Waals surface area contributed by atoms with E-state index in [0.717, 1.165) is 32.1 Å². The molecule has 0 saturated heterocycles. The number of carbonyl (C=O) groups excluding carboxylic acids is 1. The van der Waals surface area contributed by atoms with Crippen molar-refractivity contribution in [1.82, 2.24) is 4.31 Å². The molecule has 2 aromatic carbocycles. The number of benzene rings is 2. The summed E-state index contributed by atoms with van der Waals surface area (Å²) in [6.45, 7) is 0. The third-order valence-electron chi connectivity index (χ3n) is 5.00. The zero-order valence-electron chi connectivity index (χ0n) is 15.5. The molecule has 1 N–H and O–H groups in total. The number of halogens is 2. The molecular formula is C20H22Cl2N2O3S. The maximum absolute atomic E-state index is 12.9. The first kappa shape index (κ1) is 21.1. The van der Waals surface area contributed by atoms with Gasteiger partial charge in [-0.1, -0.05) is 42.5 Å². The fraction of sp³-hybridized carbons (Fsp3) is 0.350. The molecule has 150 valence electrons. The fourth-order valence-electron chi connectivity index (χ4n) is 3.41. The summed E-state index contributed by atoms with van der Waals surface area (Å²) in [7, 11) is -1.92. The molecule has 5 nitrogen and oxygen atoms in total. The van der Waals surface area contributed by atoms with Crippen molar-refractivity contribution in [2.45, 2.75) is 43.0 Å². The van der Waals surface area contributed by atoms with Gasteiger partial charge in [-0.3, -0.25) is 4.79 Å². The van der Waals surface area contributed by atoms with Crippen LogP contribution in [0, 0.1) is 0 Å². The number of amides is 1. The standard InChI is InChI=1S/C20H22Cl2N2O3S/c1-24(18-5-3-2-4-6-18)28(26,27)19-9-7-17(8-10-19)23-20(25)14-11-15(21)13-16(22)12-14/h7-13,18H,2-6H2,1H3,(H,23,25). The maximum Gasteiger partial charge on any atom is 0.255 e. The molecular weight excluding hydrogens is 419 g/mol. The molecule has 0 bridgehead atoms. The van der Waals surface area contributed by atoms with Crippen LogP contribution in [-0.2, 0) is 10.0 Å². The van der Waals surface area contributed by atoms with Gasteiger partial charge in [-0.05, 0) is 55.3 Å². The summed E-state index contributed by atoms with van der Waals surface area (Å²) in [4.78, 5) is 12.6. The Balaban J connectivity index is 1.72. The molecule has 1 aliphatic rings. The van der Waals surface area contributed by atoms with E-state index in [0.29, 0.717) is 21.3 Å². The minimum Gasteiger partial charge on any atom is -0.322 e. The van der Waals surface area contributed by atoms with Crippen molar-refractivity contribution in [3.63, 3.8) is 0 Å². The highest BCUT2D eigenvalue weighted by Gasteiger charge is 2.28. The number of sulfonamides is 1. The van der Waals surface area contributed by atoms with E-state index in [4.69, 9.17) is 23.2 Å². The Bertz CT molecular complexity index is 936. The van der Waals surface area contributed by atoms with Gasteiger partial charge in [0.15, 0.2) is 0 Å². The molecule has 0 unspecified atom stereocenters. The van der Waals surface area contributed by atoms with Gasteiger partial charge in [0.2, 0.25) is 10.0 Å². The van der Waals surface area contributed by atoms with E-state index in [1.165, 1.54) is 28.6 Å². The summed E-state index contributed by atoms with van der Waals surface area (Å²) in [6.07, 6.45) is 5.07. The van der Waals surface area contributed by atoms with Crippen LogP contribution in [0.1, 0.15) is 42.5 Å². The molecule has 8 heteroatoms. The minimum atomic E-state index is -3.56. The van der Waals surface area contributed by atoms with Crippen LogP contribution in [0.2, 0.25) is 10.0 Å². The number of hydrogen-bond acceptors (Lipinski definition) is 3. The summed E-state index contributed by atoms with van der Waals surface area (Å²) < 4.78 is 27.2. The predicted octanol–water partition coefficient (Wildman–Crippen LogP) is 5.20. The summed E-state index contributed by atoms with van der Waals surface area (Å²) in [6, 6.07) is 10.8. The van der Waals surface area contributed by atoms with E-state index in [-0.39, 0.29) is 16.8 Å². The SMILES string of the molecule is CN(C1CCCCC1)S(=O)(=O)c1ccc(NC(=O)c2cc(Cl)cc(Cl)c2)cc1. The van der Waals surface area contributed by atoms with Gasteiger partial charge in [0.1, 0.15) is 0 Å². The predicted molar refractivity (Wildman–Crippen MR) is 113 cm³/mol. The van der Waals surface area contributed by atoms with Crippen LogP contribution in [0.5, 0.6) is 0 Å². The lowest BCUT2D eigenvalue weighted by molar-refractivity contribution is 0.102. The highest BCUT2D eigenvalue weighted by molar-refractivity contribution is 7.89. The maximum atomic E-state index is 12.9. The fourth-order valence-corrected chi connectivity index (χ4v) is 5.35. The van der Waals surface area contributed by atoms with Gasteiger partial charge in [-0.2, -0.15) is 4.31 Å². The van der Waals surface area contributed by atoms with E-state index >= 15 is 0 Å². The summed E-state index contributed by atoms with van der Waals surface area (Å²) in [5.74, 6) is -0.376. The second-order valence-electron chi connectivity index (χ2n) is 6.95. The largest absolute Gasteiger partial charge is 0.322 e. The third kappa shape index (κ3) is 4.87. The molecule has 1 saturated carbocycles. The molecule has 1 aliphatic carbocycles. The molecule has 0 heterocycles. The van der Waals surface area contributed by atoms with Crippen molar-refractivity contribution in [2.75, 3.05) is 12.4 Å². The lowest BCUT2D eigenvalue weighted by Crippen LogP contribution is -2.38. The van der Waals surface area contributed by atoms with Gasteiger partial charge >= 0.3 is 0 Å². The third-order valence-corrected chi connectivity index (χ3v) is 7.36. The lowest BCUT2D eigenvalue weighted by atomic mass is 9.96. The number of anilines is 1. The molecule has 0 atom stereocenters. The van der Waals surface area contributed by atoms with E-state index in [1.54, 1.807) is 25.2 Å². The first-order valence-electron chi connectivity index (χ1n) is 9.13. The Morgan fingerprint density at radius 1 is 1.00 bits per heavy atom. The van der Waals surface area contributed by atoms with Gasteiger partial charge < -0.3 is 5.32 Å². The summed E-state index contributed by atoms with van der Waals surface area (Å²) in [5.41, 5.74) is 0.812. The van der Waals surface area contributed by atoms with Crippen LogP contribution in [-0.4, -0.2) is 31.7 Å². The van der Waals surface area contributed by atoms with E-state index in [9.17, 15) is 13.2 Å². The zero-order valence-corrected chi connectivity index (χ0v) is 17.8. The average Bonchev–Trinajstić information content (AvgIpc) is 2.67. The van der Waals surface area contributed by atoms with Crippen molar-refractivity contribution >= 4 is 44.8 Å². The van der Waals surface area contributed by atoms with Gasteiger partial charge in [0.25, 0.3) is 5.91 Å². The molecule has 0 spiro atoms. The molecule has 0 radical (unpaired) electrons. The minimum absolute atomic E-state index is 0.0470. The molecule has 0 aromatic heterocycles. The summed E-state index contributed by atoms with van der Waals surface area (Å²) in [5, 5.41) is 3.45. The molecule has 1 fully saturated rings. The highest BCUT2D eigenvalue weighted by Crippen LogP contribution is 2.27. The monoisotopic (exact) mass is 440 g/mol. The average molecular weight is 441 g/mol. The number of rotatable bonds is 5. The van der Waals surface area contributed by atoms with Gasteiger partial charge in [0, 0.05) is 34.4 Å². The highest BCUT2D eigenvalue weighted by atomic mass is 35.5. The first-order chi connectivity index (χ1) is 13.3. The number of nitrogens with one attached hydrogen (secondary N) is 1. The van der Waals surface area contributed by atoms with E-state index < -0.39 is 10.0 Å². The Morgan fingerprint density at radius 3 is 2.14 bits per heavy atom. The van der Waals surface area contributed by atoms with Crippen LogP contribution in [0.3, 0.4) is 0 Å². The quantitative estimate of drug-likeness (QED) is 0.694. The van der Waals surface area contributed by atoms with Crippen molar-refractivity contribution in [2.24, 2.45) is 0 Å². The molecule has 0 aliphatic heterocycles. The van der Waals surface area contributed by atoms with E-state index in [2.05, 4.69) is 5.32 Å². The first-order valence-corrected chi connectivity index (χ1v) is 11.3. The number of hydrogen-bond donors (Lipinski definition) is 1. The van der Waals surface area contributed by atoms with Crippen LogP contribution in [0.4, 0.5) is 5.69 Å². The number of nitrogens with zero attached hydrogens (tertiary/aromatic N) is 1. The van der Waals surface area contributed by atoms with Crippen molar-refractivity contribution in [1.29, 1.82) is 0 Å². The van der Waals surface area contributed by atoms with Crippen LogP contribution in [0.25, 0.3) is 0 Å². The van der Waals surface area contributed by atoms with Gasteiger partial charge in [-0.15, -0.1) is 0 Å². The lowest BCUT2D eigenvalue weighted by Gasteiger charge is -2.30. The Labute approximate surface area is 175 Å². The summed E-state index contributed by atoms with van der Waals surface area (Å²) >= 11 is 11.9. The van der Waals surface area contributed by atoms with E-state index in [1.807, 2.05) is 0 Å². The normalized spacial score (nSPS) is 15.6. The van der Waals surface area contributed by atoms with Gasteiger partial charge in [-0.25, -0.2) is 8.42 Å².